The molecule has 4 rings (SSSR count). The topological polar surface area (TPSA) is 403 Å². The van der Waals surface area contributed by atoms with Gasteiger partial charge in [0.05, 0.1) is 50.8 Å². The number of unbranched alkanes of at least 4 members (excludes halogenated alkanes) is 4. The van der Waals surface area contributed by atoms with Gasteiger partial charge < -0.3 is 120 Å². The molecule has 0 unspecified atom stereocenters. The van der Waals surface area contributed by atoms with Crippen molar-refractivity contribution in [1.29, 1.82) is 0 Å². The molecule has 448 valence electrons. The van der Waals surface area contributed by atoms with Crippen molar-refractivity contribution in [3.63, 3.8) is 0 Å². The van der Waals surface area contributed by atoms with Gasteiger partial charge in [0, 0.05) is 39.0 Å². The van der Waals surface area contributed by atoms with E-state index in [0.717, 1.165) is 38.5 Å². The number of nitrogens with zero attached hydrogens (tertiary/aromatic N) is 2. The molecule has 0 aromatic heterocycles. The summed E-state index contributed by atoms with van der Waals surface area (Å²) in [5.74, 6) is 0.0646. The van der Waals surface area contributed by atoms with Gasteiger partial charge in [0.2, 0.25) is 11.8 Å². The van der Waals surface area contributed by atoms with Gasteiger partial charge in [0.25, 0.3) is 0 Å². The van der Waals surface area contributed by atoms with E-state index in [1.807, 2.05) is 13.8 Å². The molecular weight excluding hydrogens is 1010 g/mol. The molecule has 2 amide bonds. The molecule has 26 nitrogen and oxygen atoms in total. The predicted octanol–water partition coefficient (Wildman–Crippen LogP) is -5.10. The minimum Gasteiger partial charge on any atom is -0.394 e. The number of hydrogen-bond acceptors (Lipinski definition) is 24. The van der Waals surface area contributed by atoms with Gasteiger partial charge in [-0.3, -0.25) is 9.59 Å². The van der Waals surface area contributed by atoms with E-state index in [2.05, 4.69) is 20.4 Å². The summed E-state index contributed by atoms with van der Waals surface area (Å²) < 4.78 is 33.4. The Morgan fingerprint density at radius 2 is 0.737 bits per heavy atom. The fourth-order valence-corrected chi connectivity index (χ4v) is 9.63. The van der Waals surface area contributed by atoms with Gasteiger partial charge in [-0.25, -0.2) is 0 Å². The first-order valence-corrected chi connectivity index (χ1v) is 27.4. The molecule has 0 aliphatic carbocycles. The van der Waals surface area contributed by atoms with Crippen molar-refractivity contribution in [3.05, 3.63) is 0 Å². The highest BCUT2D eigenvalue weighted by Gasteiger charge is 2.46. The van der Waals surface area contributed by atoms with Gasteiger partial charge in [-0.2, -0.15) is 0 Å². The molecule has 4 aliphatic rings. The van der Waals surface area contributed by atoms with Gasteiger partial charge in [0.1, 0.15) is 85.5 Å². The van der Waals surface area contributed by atoms with E-state index in [1.54, 1.807) is 13.8 Å². The van der Waals surface area contributed by atoms with Crippen LogP contribution >= 0.6 is 0 Å². The van der Waals surface area contributed by atoms with Gasteiger partial charge in [-0.05, 0) is 105 Å². The maximum absolute atomic E-state index is 11.6. The fourth-order valence-electron chi connectivity index (χ4n) is 9.63. The molecule has 0 bridgehead atoms. The van der Waals surface area contributed by atoms with Gasteiger partial charge in [-0.15, -0.1) is 0 Å². The van der Waals surface area contributed by atoms with Gasteiger partial charge in [0.15, 0.2) is 12.6 Å². The zero-order valence-corrected chi connectivity index (χ0v) is 44.9. The number of ether oxygens (including phenoxy) is 6. The molecule has 0 aromatic carbocycles. The van der Waals surface area contributed by atoms with Crippen LogP contribution in [-0.4, -0.2) is 294 Å². The summed E-state index contributed by atoms with van der Waals surface area (Å²) in [6.07, 6.45) is -14.9. The quantitative estimate of drug-likeness (QED) is 0.0280. The van der Waals surface area contributed by atoms with Crippen LogP contribution in [0.25, 0.3) is 0 Å². The molecule has 4 heterocycles. The van der Waals surface area contributed by atoms with Crippen molar-refractivity contribution >= 4 is 11.8 Å². The number of nitrogens with one attached hydrogen (secondary N) is 2. The first kappa shape index (κ1) is 68.3. The normalized spacial score (nSPS) is 35.9. The van der Waals surface area contributed by atoms with Gasteiger partial charge >= 0.3 is 0 Å². The first-order valence-electron chi connectivity index (χ1n) is 27.4. The highest BCUT2D eigenvalue weighted by molar-refractivity contribution is 5.76. The zero-order chi connectivity index (χ0) is 56.5. The highest BCUT2D eigenvalue weighted by Crippen LogP contribution is 2.27. The van der Waals surface area contributed by atoms with Crippen LogP contribution in [0.3, 0.4) is 0 Å². The predicted molar refractivity (Wildman–Crippen MR) is 270 cm³/mol. The minimum atomic E-state index is -1.51. The van der Waals surface area contributed by atoms with E-state index in [9.17, 15) is 81.1 Å². The second-order valence-corrected chi connectivity index (χ2v) is 20.3. The van der Waals surface area contributed by atoms with E-state index in [4.69, 9.17) is 28.4 Å². The molecule has 4 saturated heterocycles. The molecule has 20 atom stereocenters. The monoisotopic (exact) mass is 1100 g/mol. The van der Waals surface area contributed by atoms with Crippen molar-refractivity contribution in [1.82, 2.24) is 20.4 Å². The van der Waals surface area contributed by atoms with Crippen molar-refractivity contribution in [2.75, 3.05) is 78.8 Å². The lowest BCUT2D eigenvalue weighted by atomic mass is 9.93. The number of carbonyl (C=O) groups is 2. The Morgan fingerprint density at radius 1 is 0.408 bits per heavy atom. The van der Waals surface area contributed by atoms with Crippen molar-refractivity contribution in [2.24, 2.45) is 0 Å². The lowest BCUT2D eigenvalue weighted by Gasteiger charge is -2.40. The maximum Gasteiger partial charge on any atom is 0.219 e. The molecule has 76 heavy (non-hydrogen) atoms. The Bertz CT molecular complexity index is 1460. The Kier molecular flexibility index (Phi) is 32.7. The standard InChI is InChI=1S/2C25H48N2O11/c2*1-3-26-18(29)9-5-4-6-10-27(11-7-8-16-20(31)22(33)19(30)15(2)37-16)12-13-36-25-24(35)23(34)21(32)17(14-28)38-25/h2*15-17,19-25,28,30-35H,3-14H2,1-2H3,(H,26,29)/t2*15-,16-,17+,19+,20+,21+,22+,23-,24-,25+/m00/s1. The van der Waals surface area contributed by atoms with E-state index in [-0.39, 0.29) is 25.0 Å². The average Bonchev–Trinajstić information content (AvgIpc) is 3.39. The summed E-state index contributed by atoms with van der Waals surface area (Å²) in [4.78, 5) is 27.5. The van der Waals surface area contributed by atoms with Crippen LogP contribution < -0.4 is 10.6 Å². The minimum absolute atomic E-state index is 0.0323. The zero-order valence-electron chi connectivity index (χ0n) is 44.9. The van der Waals surface area contributed by atoms with Crippen molar-refractivity contribution in [2.45, 2.75) is 227 Å². The Balaban J connectivity index is 0.000000400. The molecule has 4 aliphatic heterocycles. The summed E-state index contributed by atoms with van der Waals surface area (Å²) >= 11 is 0. The second-order valence-electron chi connectivity index (χ2n) is 20.3. The summed E-state index contributed by atoms with van der Waals surface area (Å²) in [5.41, 5.74) is 0. The number of hydrogen-bond donors (Lipinski definition) is 16. The average molecular weight is 1110 g/mol. The molecule has 0 saturated carbocycles. The van der Waals surface area contributed by atoms with Crippen molar-refractivity contribution < 1.29 is 110 Å². The summed E-state index contributed by atoms with van der Waals surface area (Å²) in [5, 5.41) is 145. The molecular formula is C50H96N4O22. The SMILES string of the molecule is CCNC(=O)CCCCCN(CCC[C@@H]1O[C@@H](C)[C@@H](O)[C@@H](O)[C@@H]1O)CCO[C@@H]1O[C@H](CO)[C@@H](O)[C@H](O)[C@@H]1O.CCNC(=O)CCCCCN(CCC[C@@H]1O[C@@H](C)[C@@H](O)[C@@H](O)[C@@H]1O)CCO[C@@H]1O[C@H](CO)[C@@H](O)[C@H](O)[C@@H]1O. The Morgan fingerprint density at radius 3 is 1.08 bits per heavy atom. The van der Waals surface area contributed by atoms with Crippen LogP contribution in [0.1, 0.15) is 105 Å². The third kappa shape index (κ3) is 22.2. The number of aliphatic hydroxyl groups is 14. The molecule has 0 aromatic rings. The fraction of sp³-hybridized carbons (Fsp3) is 0.960. The van der Waals surface area contributed by atoms with Crippen molar-refractivity contribution in [3.8, 4) is 0 Å². The lowest BCUT2D eigenvalue weighted by molar-refractivity contribution is -0.301. The summed E-state index contributed by atoms with van der Waals surface area (Å²) in [6.45, 7) is 11.1. The molecule has 4 fully saturated rings. The third-order valence-corrected chi connectivity index (χ3v) is 14.4. The molecule has 26 heteroatoms. The Labute approximate surface area is 446 Å². The first-order chi connectivity index (χ1) is 36.2. The third-order valence-electron chi connectivity index (χ3n) is 14.4. The van der Waals surface area contributed by atoms with Crippen LogP contribution in [0.4, 0.5) is 0 Å². The smallest absolute Gasteiger partial charge is 0.219 e. The van der Waals surface area contributed by atoms with Crippen LogP contribution in [-0.2, 0) is 38.0 Å². The van der Waals surface area contributed by atoms with Gasteiger partial charge in [-0.1, -0.05) is 12.8 Å². The number of aliphatic hydroxyl groups excluding tert-OH is 14. The largest absolute Gasteiger partial charge is 0.394 e. The summed E-state index contributed by atoms with van der Waals surface area (Å²) in [7, 11) is 0. The second kappa shape index (κ2) is 36.4. The van der Waals surface area contributed by atoms with E-state index >= 15 is 0 Å². The van der Waals surface area contributed by atoms with E-state index in [1.165, 1.54) is 0 Å². The van der Waals surface area contributed by atoms with Crippen LogP contribution in [0.5, 0.6) is 0 Å². The number of amides is 2. The number of carbonyl (C=O) groups excluding carboxylic acids is 2. The Hall–Kier alpha value is -1.94. The lowest BCUT2D eigenvalue weighted by Crippen LogP contribution is -2.59. The van der Waals surface area contributed by atoms with E-state index < -0.39 is 136 Å². The molecule has 0 radical (unpaired) electrons. The van der Waals surface area contributed by atoms with Crippen LogP contribution in [0, 0.1) is 0 Å². The molecule has 16 N–H and O–H groups in total. The summed E-state index contributed by atoms with van der Waals surface area (Å²) in [6, 6.07) is 0. The maximum atomic E-state index is 11.6. The van der Waals surface area contributed by atoms with Crippen LogP contribution in [0.2, 0.25) is 0 Å². The molecule has 0 spiro atoms. The number of rotatable bonds is 32. The van der Waals surface area contributed by atoms with E-state index in [0.29, 0.717) is 90.9 Å². The highest BCUT2D eigenvalue weighted by atomic mass is 16.7. The van der Waals surface area contributed by atoms with Crippen LogP contribution in [0.15, 0.2) is 0 Å².